The van der Waals surface area contributed by atoms with Crippen molar-refractivity contribution in [3.8, 4) is 5.75 Å². The number of hydrogen-bond acceptors (Lipinski definition) is 3. The Morgan fingerprint density at radius 3 is 2.61 bits per heavy atom. The van der Waals surface area contributed by atoms with Crippen LogP contribution in [-0.4, -0.2) is 18.3 Å². The van der Waals surface area contributed by atoms with Crippen LogP contribution >= 0.6 is 11.3 Å². The van der Waals surface area contributed by atoms with E-state index in [2.05, 4.69) is 17.5 Å². The van der Waals surface area contributed by atoms with Gasteiger partial charge in [-0.1, -0.05) is 18.2 Å². The Bertz CT molecular complexity index is 448. The lowest BCUT2D eigenvalue weighted by molar-refractivity contribution is 0.165. The number of rotatable bonds is 6. The zero-order valence-electron chi connectivity index (χ0n) is 10.5. The van der Waals surface area contributed by atoms with Crippen LogP contribution in [0.15, 0.2) is 41.8 Å². The average Bonchev–Trinajstić information content (AvgIpc) is 2.90. The monoisotopic (exact) mass is 262 g/mol. The van der Waals surface area contributed by atoms with E-state index < -0.39 is 0 Å². The van der Waals surface area contributed by atoms with Gasteiger partial charge in [0.1, 0.15) is 5.75 Å². The largest absolute Gasteiger partial charge is 0.497 e. The van der Waals surface area contributed by atoms with E-state index in [-0.39, 0.29) is 6.10 Å². The van der Waals surface area contributed by atoms with Crippen molar-refractivity contribution < 1.29 is 9.84 Å². The Kier molecular flexibility index (Phi) is 4.79. The number of benzene rings is 1. The van der Waals surface area contributed by atoms with Crippen LogP contribution in [0.1, 0.15) is 16.9 Å². The molecule has 0 fully saturated rings. The van der Waals surface area contributed by atoms with Gasteiger partial charge < -0.3 is 9.84 Å². The molecule has 1 aromatic carbocycles. The average molecular weight is 262 g/mol. The minimum absolute atomic E-state index is 0.277. The molecule has 0 bridgehead atoms. The van der Waals surface area contributed by atoms with Crippen molar-refractivity contribution in [1.29, 1.82) is 0 Å². The smallest absolute Gasteiger partial charge is 0.118 e. The summed E-state index contributed by atoms with van der Waals surface area (Å²) in [5.74, 6) is 0.854. The van der Waals surface area contributed by atoms with E-state index in [1.807, 2.05) is 24.3 Å². The first-order chi connectivity index (χ1) is 8.78. The van der Waals surface area contributed by atoms with Crippen molar-refractivity contribution in [1.82, 2.24) is 0 Å². The summed E-state index contributed by atoms with van der Waals surface area (Å²) in [4.78, 5) is 1.34. The fourth-order valence-electron chi connectivity index (χ4n) is 1.90. The molecule has 0 spiro atoms. The summed E-state index contributed by atoms with van der Waals surface area (Å²) in [6.45, 7) is 0. The van der Waals surface area contributed by atoms with Crippen LogP contribution in [0, 0.1) is 0 Å². The first-order valence-corrected chi connectivity index (χ1v) is 6.99. The SMILES string of the molecule is COc1ccc(CC(O)CCc2cccs2)cc1. The van der Waals surface area contributed by atoms with Crippen LogP contribution in [0.3, 0.4) is 0 Å². The molecule has 2 nitrogen and oxygen atoms in total. The van der Waals surface area contributed by atoms with Crippen molar-refractivity contribution in [3.63, 3.8) is 0 Å². The Morgan fingerprint density at radius 1 is 1.22 bits per heavy atom. The molecule has 3 heteroatoms. The second-order valence-corrected chi connectivity index (χ2v) is 5.36. The molecule has 0 amide bonds. The zero-order valence-corrected chi connectivity index (χ0v) is 11.3. The second-order valence-electron chi connectivity index (χ2n) is 4.32. The minimum Gasteiger partial charge on any atom is -0.497 e. The number of methoxy groups -OCH3 is 1. The normalized spacial score (nSPS) is 12.3. The molecule has 1 heterocycles. The number of aliphatic hydroxyl groups excluding tert-OH is 1. The van der Waals surface area contributed by atoms with Crippen LogP contribution in [-0.2, 0) is 12.8 Å². The maximum atomic E-state index is 10.0. The Morgan fingerprint density at radius 2 is 2.00 bits per heavy atom. The highest BCUT2D eigenvalue weighted by Crippen LogP contribution is 2.16. The van der Waals surface area contributed by atoms with E-state index >= 15 is 0 Å². The van der Waals surface area contributed by atoms with Gasteiger partial charge in [0.05, 0.1) is 13.2 Å². The number of aryl methyl sites for hydroxylation is 1. The van der Waals surface area contributed by atoms with Crippen LogP contribution in [0.2, 0.25) is 0 Å². The lowest BCUT2D eigenvalue weighted by Gasteiger charge is -2.10. The van der Waals surface area contributed by atoms with Gasteiger partial charge in [-0.25, -0.2) is 0 Å². The number of aliphatic hydroxyl groups is 1. The second kappa shape index (κ2) is 6.57. The summed E-state index contributed by atoms with van der Waals surface area (Å²) in [5.41, 5.74) is 1.15. The van der Waals surface area contributed by atoms with Crippen molar-refractivity contribution >= 4 is 11.3 Å². The first-order valence-electron chi connectivity index (χ1n) is 6.11. The van der Waals surface area contributed by atoms with Crippen molar-refractivity contribution in [2.45, 2.75) is 25.4 Å². The molecule has 0 saturated carbocycles. The first kappa shape index (κ1) is 13.1. The standard InChI is InChI=1S/C15H18O2S/c1-17-14-7-4-12(5-8-14)11-13(16)6-9-15-3-2-10-18-15/h2-5,7-8,10,13,16H,6,9,11H2,1H3. The molecule has 0 aliphatic rings. The Balaban J connectivity index is 1.80. The lowest BCUT2D eigenvalue weighted by Crippen LogP contribution is -2.11. The number of hydrogen-bond donors (Lipinski definition) is 1. The van der Waals surface area contributed by atoms with E-state index in [0.717, 1.165) is 24.2 Å². The molecule has 2 rings (SSSR count). The summed E-state index contributed by atoms with van der Waals surface area (Å²) in [7, 11) is 1.66. The van der Waals surface area contributed by atoms with Gasteiger partial charge in [0, 0.05) is 4.88 Å². The highest BCUT2D eigenvalue weighted by molar-refractivity contribution is 7.09. The van der Waals surface area contributed by atoms with Gasteiger partial charge in [-0.3, -0.25) is 0 Å². The molecule has 0 aliphatic carbocycles. The van der Waals surface area contributed by atoms with E-state index in [1.165, 1.54) is 4.88 Å². The van der Waals surface area contributed by atoms with E-state index in [4.69, 9.17) is 4.74 Å². The maximum Gasteiger partial charge on any atom is 0.118 e. The molecule has 0 aliphatic heterocycles. The summed E-state index contributed by atoms with van der Waals surface area (Å²) in [6.07, 6.45) is 2.19. The third-order valence-corrected chi connectivity index (χ3v) is 3.87. The third-order valence-electron chi connectivity index (χ3n) is 2.93. The van der Waals surface area contributed by atoms with Gasteiger partial charge in [-0.05, 0) is 48.4 Å². The molecule has 1 atom stereocenters. The molecule has 1 aromatic heterocycles. The van der Waals surface area contributed by atoms with Gasteiger partial charge in [-0.2, -0.15) is 0 Å². The quantitative estimate of drug-likeness (QED) is 0.865. The molecule has 0 saturated heterocycles. The van der Waals surface area contributed by atoms with Crippen LogP contribution < -0.4 is 4.74 Å². The Labute approximate surface area is 112 Å². The van der Waals surface area contributed by atoms with Gasteiger partial charge in [-0.15, -0.1) is 11.3 Å². The molecule has 1 unspecified atom stereocenters. The van der Waals surface area contributed by atoms with Crippen molar-refractivity contribution in [2.75, 3.05) is 7.11 Å². The predicted molar refractivity (Wildman–Crippen MR) is 75.3 cm³/mol. The predicted octanol–water partition coefficient (Wildman–Crippen LogP) is 3.29. The van der Waals surface area contributed by atoms with Gasteiger partial charge in [0.25, 0.3) is 0 Å². The van der Waals surface area contributed by atoms with Crippen LogP contribution in [0.25, 0.3) is 0 Å². The molecule has 2 aromatic rings. The zero-order chi connectivity index (χ0) is 12.8. The fourth-order valence-corrected chi connectivity index (χ4v) is 2.62. The molecule has 0 radical (unpaired) electrons. The topological polar surface area (TPSA) is 29.5 Å². The van der Waals surface area contributed by atoms with Gasteiger partial charge in [0.2, 0.25) is 0 Å². The highest BCUT2D eigenvalue weighted by Gasteiger charge is 2.06. The van der Waals surface area contributed by atoms with E-state index in [1.54, 1.807) is 18.4 Å². The van der Waals surface area contributed by atoms with Gasteiger partial charge in [0.15, 0.2) is 0 Å². The molecular formula is C15H18O2S. The third kappa shape index (κ3) is 3.86. The van der Waals surface area contributed by atoms with Crippen molar-refractivity contribution in [3.05, 3.63) is 52.2 Å². The van der Waals surface area contributed by atoms with E-state index in [9.17, 15) is 5.11 Å². The van der Waals surface area contributed by atoms with Gasteiger partial charge >= 0.3 is 0 Å². The lowest BCUT2D eigenvalue weighted by atomic mass is 10.0. The molecule has 96 valence electrons. The molecule has 18 heavy (non-hydrogen) atoms. The molecular weight excluding hydrogens is 244 g/mol. The van der Waals surface area contributed by atoms with Crippen LogP contribution in [0.5, 0.6) is 5.75 Å². The molecule has 1 N–H and O–H groups in total. The summed E-state index contributed by atoms with van der Waals surface area (Å²) >= 11 is 1.75. The maximum absolute atomic E-state index is 10.0. The van der Waals surface area contributed by atoms with Crippen molar-refractivity contribution in [2.24, 2.45) is 0 Å². The number of thiophene rings is 1. The summed E-state index contributed by atoms with van der Waals surface area (Å²) in [5, 5.41) is 12.1. The fraction of sp³-hybridized carbons (Fsp3) is 0.333. The highest BCUT2D eigenvalue weighted by atomic mass is 32.1. The summed E-state index contributed by atoms with van der Waals surface area (Å²) in [6, 6.07) is 12.0. The number of ether oxygens (including phenoxy) is 1. The minimum atomic E-state index is -0.277. The summed E-state index contributed by atoms with van der Waals surface area (Å²) < 4.78 is 5.11. The van der Waals surface area contributed by atoms with Crippen LogP contribution in [0.4, 0.5) is 0 Å². The Hall–Kier alpha value is -1.32. The van der Waals surface area contributed by atoms with E-state index in [0.29, 0.717) is 6.42 Å².